The van der Waals surface area contributed by atoms with Crippen molar-refractivity contribution in [2.24, 2.45) is 0 Å². The highest BCUT2D eigenvalue weighted by atomic mass is 16.3. The maximum absolute atomic E-state index is 6.66. The minimum Gasteiger partial charge on any atom is -0.456 e. The first-order chi connectivity index (χ1) is 24.3. The quantitative estimate of drug-likeness (QED) is 0.178. The summed E-state index contributed by atoms with van der Waals surface area (Å²) in [6.45, 7) is 0. The first-order valence-electron chi connectivity index (χ1n) is 16.8. The van der Waals surface area contributed by atoms with Gasteiger partial charge in [-0.15, -0.1) is 0 Å². The average molecular weight is 623 g/mol. The number of rotatable bonds is 4. The van der Waals surface area contributed by atoms with E-state index in [1.54, 1.807) is 0 Å². The highest BCUT2D eigenvalue weighted by Gasteiger charge is 2.21. The molecule has 0 spiro atoms. The third-order valence-electron chi connectivity index (χ3n) is 10.1. The Morgan fingerprint density at radius 2 is 0.796 bits per heavy atom. The van der Waals surface area contributed by atoms with E-state index in [2.05, 4.69) is 182 Å². The molecule has 10 aromatic rings. The normalized spacial score (nSPS) is 11.7. The molecule has 1 heterocycles. The summed E-state index contributed by atoms with van der Waals surface area (Å²) in [5.41, 5.74) is 11.5. The molecule has 0 saturated heterocycles. The van der Waals surface area contributed by atoms with Crippen LogP contribution < -0.4 is 0 Å². The average Bonchev–Trinajstić information content (AvgIpc) is 3.56. The van der Waals surface area contributed by atoms with Gasteiger partial charge in [0.05, 0.1) is 0 Å². The predicted molar refractivity (Wildman–Crippen MR) is 208 cm³/mol. The molecular formula is C48H30O. The lowest BCUT2D eigenvalue weighted by atomic mass is 9.84. The molecule has 0 aliphatic rings. The van der Waals surface area contributed by atoms with Crippen LogP contribution in [0.15, 0.2) is 186 Å². The molecule has 0 saturated carbocycles. The van der Waals surface area contributed by atoms with Gasteiger partial charge in [-0.3, -0.25) is 0 Å². The van der Waals surface area contributed by atoms with Crippen LogP contribution in [0.25, 0.3) is 98.8 Å². The Labute approximate surface area is 284 Å². The third-order valence-corrected chi connectivity index (χ3v) is 10.1. The van der Waals surface area contributed by atoms with E-state index in [0.717, 1.165) is 27.5 Å². The van der Waals surface area contributed by atoms with Gasteiger partial charge in [-0.1, -0.05) is 158 Å². The fraction of sp³-hybridized carbons (Fsp3) is 0. The topological polar surface area (TPSA) is 13.1 Å². The molecule has 228 valence electrons. The zero-order chi connectivity index (χ0) is 32.3. The molecule has 0 unspecified atom stereocenters. The summed E-state index contributed by atoms with van der Waals surface area (Å²) < 4.78 is 6.66. The second-order valence-electron chi connectivity index (χ2n) is 12.8. The van der Waals surface area contributed by atoms with E-state index in [4.69, 9.17) is 4.42 Å². The first-order valence-corrected chi connectivity index (χ1v) is 16.8. The van der Waals surface area contributed by atoms with Crippen molar-refractivity contribution in [1.29, 1.82) is 0 Å². The number of fused-ring (bicyclic) bond motifs is 6. The monoisotopic (exact) mass is 622 g/mol. The first kappa shape index (κ1) is 27.7. The van der Waals surface area contributed by atoms with Crippen LogP contribution in [0.2, 0.25) is 0 Å². The number of furan rings is 1. The molecule has 0 fully saturated rings. The van der Waals surface area contributed by atoms with Crippen molar-refractivity contribution < 1.29 is 4.42 Å². The summed E-state index contributed by atoms with van der Waals surface area (Å²) in [6, 6.07) is 65.6. The van der Waals surface area contributed by atoms with E-state index in [1.165, 1.54) is 71.3 Å². The van der Waals surface area contributed by atoms with Crippen LogP contribution in [0, 0.1) is 0 Å². The Kier molecular flexibility index (Phi) is 6.25. The van der Waals surface area contributed by atoms with E-state index in [-0.39, 0.29) is 0 Å². The highest BCUT2D eigenvalue weighted by molar-refractivity contribution is 6.27. The molecule has 49 heavy (non-hydrogen) atoms. The lowest BCUT2D eigenvalue weighted by Crippen LogP contribution is -1.92. The number of hydrogen-bond donors (Lipinski definition) is 0. The second-order valence-corrected chi connectivity index (χ2v) is 12.8. The Morgan fingerprint density at radius 3 is 1.53 bits per heavy atom. The Balaban J connectivity index is 1.22. The van der Waals surface area contributed by atoms with Crippen LogP contribution in [0.5, 0.6) is 0 Å². The molecule has 10 rings (SSSR count). The summed E-state index contributed by atoms with van der Waals surface area (Å²) in [4.78, 5) is 0. The largest absolute Gasteiger partial charge is 0.456 e. The fourth-order valence-corrected chi connectivity index (χ4v) is 7.87. The molecule has 0 atom stereocenters. The van der Waals surface area contributed by atoms with Crippen molar-refractivity contribution in [1.82, 2.24) is 0 Å². The van der Waals surface area contributed by atoms with Gasteiger partial charge >= 0.3 is 0 Å². The minimum absolute atomic E-state index is 0.894. The van der Waals surface area contributed by atoms with Gasteiger partial charge in [0.1, 0.15) is 11.2 Å². The van der Waals surface area contributed by atoms with Crippen molar-refractivity contribution >= 4 is 54.3 Å². The molecule has 0 radical (unpaired) electrons. The van der Waals surface area contributed by atoms with Crippen molar-refractivity contribution in [3.8, 4) is 44.5 Å². The van der Waals surface area contributed by atoms with Crippen LogP contribution in [0.3, 0.4) is 0 Å². The van der Waals surface area contributed by atoms with Gasteiger partial charge in [0.25, 0.3) is 0 Å². The summed E-state index contributed by atoms with van der Waals surface area (Å²) in [7, 11) is 0. The van der Waals surface area contributed by atoms with E-state index in [9.17, 15) is 0 Å². The zero-order valence-electron chi connectivity index (χ0n) is 26.7. The molecular weight excluding hydrogens is 593 g/mol. The van der Waals surface area contributed by atoms with Gasteiger partial charge in [0.2, 0.25) is 0 Å². The van der Waals surface area contributed by atoms with E-state index in [1.807, 2.05) is 0 Å². The molecule has 0 bridgehead atoms. The Morgan fingerprint density at radius 1 is 0.286 bits per heavy atom. The van der Waals surface area contributed by atoms with E-state index < -0.39 is 0 Å². The second kappa shape index (κ2) is 11.1. The Hall–Kier alpha value is -6.44. The summed E-state index contributed by atoms with van der Waals surface area (Å²) in [6.07, 6.45) is 0. The van der Waals surface area contributed by atoms with E-state index in [0.29, 0.717) is 0 Å². The zero-order valence-corrected chi connectivity index (χ0v) is 26.7. The maximum atomic E-state index is 6.66. The predicted octanol–water partition coefficient (Wildman–Crippen LogP) is 13.7. The summed E-state index contributed by atoms with van der Waals surface area (Å²) in [5, 5.41) is 9.76. The molecule has 0 amide bonds. The van der Waals surface area contributed by atoms with Crippen molar-refractivity contribution in [3.63, 3.8) is 0 Å². The minimum atomic E-state index is 0.894. The van der Waals surface area contributed by atoms with Gasteiger partial charge < -0.3 is 4.42 Å². The lowest BCUT2D eigenvalue weighted by Gasteiger charge is -2.19. The molecule has 0 aliphatic heterocycles. The molecule has 0 N–H and O–H groups in total. The van der Waals surface area contributed by atoms with Crippen LogP contribution in [0.4, 0.5) is 0 Å². The standard InChI is InChI=1S/C48H30O/c1-2-13-31(14-3-1)33-17-10-18-34(29-33)35-27-28-42-45(30-35)49-44-26-12-25-43(48(42)44)47-40-22-8-6-20-38(40)46(39-21-7-9-23-41(39)47)37-24-11-16-32-15-4-5-19-36(32)37/h1-30H. The van der Waals surface area contributed by atoms with Crippen molar-refractivity contribution in [2.75, 3.05) is 0 Å². The lowest BCUT2D eigenvalue weighted by molar-refractivity contribution is 0.669. The maximum Gasteiger partial charge on any atom is 0.136 e. The third kappa shape index (κ3) is 4.40. The molecule has 1 aromatic heterocycles. The van der Waals surface area contributed by atoms with Crippen LogP contribution in [-0.2, 0) is 0 Å². The number of hydrogen-bond acceptors (Lipinski definition) is 1. The van der Waals surface area contributed by atoms with E-state index >= 15 is 0 Å². The molecule has 1 heteroatoms. The summed E-state index contributed by atoms with van der Waals surface area (Å²) >= 11 is 0. The van der Waals surface area contributed by atoms with Crippen molar-refractivity contribution in [2.45, 2.75) is 0 Å². The smallest absolute Gasteiger partial charge is 0.136 e. The van der Waals surface area contributed by atoms with Crippen LogP contribution >= 0.6 is 0 Å². The highest BCUT2D eigenvalue weighted by Crippen LogP contribution is 2.48. The SMILES string of the molecule is c1ccc(-c2cccc(-c3ccc4c(c3)oc3cccc(-c5c6ccccc6c(-c6cccc7ccccc67)c6ccccc56)c34)c2)cc1. The van der Waals surface area contributed by atoms with Gasteiger partial charge in [-0.05, 0) is 101 Å². The van der Waals surface area contributed by atoms with Crippen LogP contribution in [-0.4, -0.2) is 0 Å². The molecule has 1 nitrogen and oxygen atoms in total. The molecule has 0 aliphatic carbocycles. The van der Waals surface area contributed by atoms with Crippen molar-refractivity contribution in [3.05, 3.63) is 182 Å². The van der Waals surface area contributed by atoms with Crippen LogP contribution in [0.1, 0.15) is 0 Å². The summed E-state index contributed by atoms with van der Waals surface area (Å²) in [5.74, 6) is 0. The fourth-order valence-electron chi connectivity index (χ4n) is 7.87. The van der Waals surface area contributed by atoms with Gasteiger partial charge in [-0.2, -0.15) is 0 Å². The van der Waals surface area contributed by atoms with Gasteiger partial charge in [0, 0.05) is 10.8 Å². The number of benzene rings is 9. The van der Waals surface area contributed by atoms with Gasteiger partial charge in [-0.25, -0.2) is 0 Å². The molecule has 9 aromatic carbocycles. The van der Waals surface area contributed by atoms with Gasteiger partial charge in [0.15, 0.2) is 0 Å². The Bertz CT molecular complexity index is 2810.